The molecule has 0 spiro atoms. The summed E-state index contributed by atoms with van der Waals surface area (Å²) in [4.78, 5) is 11.3. The van der Waals surface area contributed by atoms with Crippen molar-refractivity contribution in [2.45, 2.75) is 0 Å². The summed E-state index contributed by atoms with van der Waals surface area (Å²) < 4.78 is 23.4. The Morgan fingerprint density at radius 3 is 2.83 bits per heavy atom. The summed E-state index contributed by atoms with van der Waals surface area (Å²) in [7, 11) is 2.69. The van der Waals surface area contributed by atoms with E-state index in [1.165, 1.54) is 32.4 Å². The van der Waals surface area contributed by atoms with E-state index in [2.05, 4.69) is 14.9 Å². The molecule has 18 heavy (non-hydrogen) atoms. The highest BCUT2D eigenvalue weighted by Gasteiger charge is 2.17. The van der Waals surface area contributed by atoms with Gasteiger partial charge in [0.15, 0.2) is 0 Å². The molecule has 0 aliphatic carbocycles. The van der Waals surface area contributed by atoms with Crippen LogP contribution in [0.15, 0.2) is 24.3 Å². The first kappa shape index (κ1) is 12.1. The summed E-state index contributed by atoms with van der Waals surface area (Å²) in [6.07, 6.45) is 0. The maximum atomic E-state index is 13.8. The van der Waals surface area contributed by atoms with Gasteiger partial charge in [0.25, 0.3) is 0 Å². The monoisotopic (exact) mass is 250 g/mol. The lowest BCUT2D eigenvalue weighted by atomic mass is 10.1. The summed E-state index contributed by atoms with van der Waals surface area (Å²) in [6, 6.07) is 5.85. The fourth-order valence-electron chi connectivity index (χ4n) is 1.59. The molecule has 2 rings (SSSR count). The summed E-state index contributed by atoms with van der Waals surface area (Å²) in [6.45, 7) is 0. The van der Waals surface area contributed by atoms with Gasteiger partial charge in [0.1, 0.15) is 17.3 Å². The number of rotatable bonds is 3. The Morgan fingerprint density at radius 1 is 1.39 bits per heavy atom. The molecular formula is C12H11FN2O3. The summed E-state index contributed by atoms with van der Waals surface area (Å²) in [5.74, 6) is -0.695. The van der Waals surface area contributed by atoms with Crippen LogP contribution in [0.3, 0.4) is 0 Å². The van der Waals surface area contributed by atoms with E-state index in [4.69, 9.17) is 4.74 Å². The Kier molecular flexibility index (Phi) is 3.27. The molecule has 0 unspecified atom stereocenters. The molecule has 0 aliphatic heterocycles. The molecule has 0 atom stereocenters. The maximum absolute atomic E-state index is 13.8. The Morgan fingerprint density at radius 2 is 2.17 bits per heavy atom. The third kappa shape index (κ3) is 2.04. The fourth-order valence-corrected chi connectivity index (χ4v) is 1.59. The van der Waals surface area contributed by atoms with Crippen LogP contribution < -0.4 is 4.74 Å². The number of nitrogens with zero attached hydrogens (tertiary/aromatic N) is 1. The Hall–Kier alpha value is -2.37. The van der Waals surface area contributed by atoms with Crippen LogP contribution in [0.1, 0.15) is 10.5 Å². The molecular weight excluding hydrogens is 239 g/mol. The highest BCUT2D eigenvalue weighted by molar-refractivity contribution is 5.88. The minimum atomic E-state index is -0.566. The van der Waals surface area contributed by atoms with E-state index in [0.29, 0.717) is 5.75 Å². The first-order chi connectivity index (χ1) is 8.67. The zero-order valence-corrected chi connectivity index (χ0v) is 9.86. The number of ether oxygens (including phenoxy) is 2. The number of carbonyl (C=O) groups excluding carboxylic acids is 1. The Bertz CT molecular complexity index is 580. The largest absolute Gasteiger partial charge is 0.496 e. The van der Waals surface area contributed by atoms with Gasteiger partial charge in [-0.05, 0) is 18.2 Å². The van der Waals surface area contributed by atoms with Crippen molar-refractivity contribution in [1.82, 2.24) is 10.2 Å². The zero-order chi connectivity index (χ0) is 13.1. The average molecular weight is 250 g/mol. The number of hydrogen-bond donors (Lipinski definition) is 1. The number of hydrogen-bond acceptors (Lipinski definition) is 4. The molecule has 0 fully saturated rings. The predicted molar refractivity (Wildman–Crippen MR) is 61.9 cm³/mol. The standard InChI is InChI=1S/C12H11FN2O3/c1-17-10-5-3-4-7(13)11(10)8-6-9(15-14-8)12(16)18-2/h3-6H,1-2H3,(H,14,15). The fraction of sp³-hybridized carbons (Fsp3) is 0.167. The number of nitrogens with one attached hydrogen (secondary N) is 1. The second-order valence-electron chi connectivity index (χ2n) is 3.48. The number of aromatic nitrogens is 2. The van der Waals surface area contributed by atoms with Crippen molar-refractivity contribution in [2.24, 2.45) is 0 Å². The number of benzene rings is 1. The van der Waals surface area contributed by atoms with Crippen LogP contribution in [0.25, 0.3) is 11.3 Å². The molecule has 94 valence electrons. The van der Waals surface area contributed by atoms with E-state index >= 15 is 0 Å². The molecule has 5 nitrogen and oxygen atoms in total. The number of methoxy groups -OCH3 is 2. The minimum absolute atomic E-state index is 0.151. The molecule has 0 amide bonds. The number of aromatic amines is 1. The molecule has 0 bridgehead atoms. The molecule has 0 radical (unpaired) electrons. The summed E-state index contributed by atoms with van der Waals surface area (Å²) >= 11 is 0. The molecule has 6 heteroatoms. The van der Waals surface area contributed by atoms with Gasteiger partial charge in [-0.15, -0.1) is 0 Å². The first-order valence-electron chi connectivity index (χ1n) is 5.14. The normalized spacial score (nSPS) is 10.2. The molecule has 0 saturated heterocycles. The van der Waals surface area contributed by atoms with Crippen LogP contribution in [0.2, 0.25) is 0 Å². The topological polar surface area (TPSA) is 64.2 Å². The molecule has 1 aromatic carbocycles. The summed E-state index contributed by atoms with van der Waals surface area (Å²) in [5.41, 5.74) is 0.634. The zero-order valence-electron chi connectivity index (χ0n) is 9.86. The van der Waals surface area contributed by atoms with Crippen molar-refractivity contribution in [1.29, 1.82) is 0 Å². The molecule has 1 aromatic heterocycles. The van der Waals surface area contributed by atoms with E-state index in [9.17, 15) is 9.18 Å². The lowest BCUT2D eigenvalue weighted by Gasteiger charge is -2.06. The van der Waals surface area contributed by atoms with Crippen molar-refractivity contribution in [2.75, 3.05) is 14.2 Å². The smallest absolute Gasteiger partial charge is 0.356 e. The third-order valence-electron chi connectivity index (χ3n) is 2.43. The van der Waals surface area contributed by atoms with Gasteiger partial charge in [0.05, 0.1) is 25.5 Å². The van der Waals surface area contributed by atoms with E-state index in [1.807, 2.05) is 0 Å². The van der Waals surface area contributed by atoms with Crippen molar-refractivity contribution >= 4 is 5.97 Å². The number of esters is 1. The highest BCUT2D eigenvalue weighted by Crippen LogP contribution is 2.31. The van der Waals surface area contributed by atoms with Crippen LogP contribution in [0, 0.1) is 5.82 Å². The molecule has 2 aromatic rings. The van der Waals surface area contributed by atoms with Gasteiger partial charge in [0.2, 0.25) is 0 Å². The van der Waals surface area contributed by atoms with Crippen LogP contribution in [0.4, 0.5) is 4.39 Å². The van der Waals surface area contributed by atoms with Gasteiger partial charge < -0.3 is 9.47 Å². The highest BCUT2D eigenvalue weighted by atomic mass is 19.1. The van der Waals surface area contributed by atoms with Crippen molar-refractivity contribution < 1.29 is 18.7 Å². The van der Waals surface area contributed by atoms with E-state index in [0.717, 1.165) is 0 Å². The van der Waals surface area contributed by atoms with Gasteiger partial charge in [-0.3, -0.25) is 5.10 Å². The van der Waals surface area contributed by atoms with E-state index < -0.39 is 11.8 Å². The number of carbonyl (C=O) groups is 1. The van der Waals surface area contributed by atoms with Crippen LogP contribution >= 0.6 is 0 Å². The van der Waals surface area contributed by atoms with E-state index in [-0.39, 0.29) is 17.0 Å². The van der Waals surface area contributed by atoms with Crippen molar-refractivity contribution in [3.05, 3.63) is 35.8 Å². The lowest BCUT2D eigenvalue weighted by molar-refractivity contribution is 0.0594. The van der Waals surface area contributed by atoms with Gasteiger partial charge in [0, 0.05) is 0 Å². The van der Waals surface area contributed by atoms with E-state index in [1.54, 1.807) is 6.07 Å². The van der Waals surface area contributed by atoms with Gasteiger partial charge in [-0.2, -0.15) is 5.10 Å². The lowest BCUT2D eigenvalue weighted by Crippen LogP contribution is -2.00. The van der Waals surface area contributed by atoms with Crippen LogP contribution in [0.5, 0.6) is 5.75 Å². The molecule has 0 aliphatic rings. The molecule has 0 saturated carbocycles. The second kappa shape index (κ2) is 4.87. The van der Waals surface area contributed by atoms with Crippen LogP contribution in [-0.2, 0) is 4.74 Å². The quantitative estimate of drug-likeness (QED) is 0.846. The van der Waals surface area contributed by atoms with Crippen molar-refractivity contribution in [3.63, 3.8) is 0 Å². The third-order valence-corrected chi connectivity index (χ3v) is 2.43. The Balaban J connectivity index is 2.49. The maximum Gasteiger partial charge on any atom is 0.356 e. The van der Waals surface area contributed by atoms with Gasteiger partial charge in [-0.25, -0.2) is 9.18 Å². The van der Waals surface area contributed by atoms with Gasteiger partial charge >= 0.3 is 5.97 Å². The van der Waals surface area contributed by atoms with Crippen LogP contribution in [-0.4, -0.2) is 30.4 Å². The average Bonchev–Trinajstić information content (AvgIpc) is 2.86. The minimum Gasteiger partial charge on any atom is -0.496 e. The SMILES string of the molecule is COC(=O)c1cc(-c2c(F)cccc2OC)n[nH]1. The predicted octanol–water partition coefficient (Wildman–Crippen LogP) is 2.01. The summed E-state index contributed by atoms with van der Waals surface area (Å²) in [5, 5.41) is 6.37. The van der Waals surface area contributed by atoms with Crippen molar-refractivity contribution in [3.8, 4) is 17.0 Å². The number of halogens is 1. The van der Waals surface area contributed by atoms with Gasteiger partial charge in [-0.1, -0.05) is 6.07 Å². The second-order valence-corrected chi connectivity index (χ2v) is 3.48. The molecule has 1 heterocycles. The molecule has 1 N–H and O–H groups in total. The Labute approximate surface area is 103 Å². The number of H-pyrrole nitrogens is 1. The first-order valence-corrected chi connectivity index (χ1v) is 5.14.